The van der Waals surface area contributed by atoms with Crippen LogP contribution < -0.4 is 0 Å². The molecule has 0 saturated carbocycles. The van der Waals surface area contributed by atoms with Crippen molar-refractivity contribution in [3.8, 4) is 0 Å². The molecule has 1 aliphatic heterocycles. The van der Waals surface area contributed by atoms with Crippen molar-refractivity contribution < 1.29 is 13.8 Å². The third-order valence-corrected chi connectivity index (χ3v) is 5.04. The van der Waals surface area contributed by atoms with Crippen LogP contribution in [0.15, 0.2) is 12.7 Å². The molecule has 1 fully saturated rings. The van der Waals surface area contributed by atoms with Gasteiger partial charge >= 0.3 is 0 Å². The molecule has 0 N–H and O–H groups in total. The molecule has 0 spiro atoms. The first-order valence-electron chi connectivity index (χ1n) is 7.84. The second kappa shape index (κ2) is 5.96. The molecule has 2 aromatic rings. The Bertz CT molecular complexity index is 756. The van der Waals surface area contributed by atoms with Crippen LogP contribution in [-0.4, -0.2) is 45.1 Å². The maximum atomic E-state index is 12.2. The number of ether oxygens (including phenoxy) is 1. The van der Waals surface area contributed by atoms with Gasteiger partial charge in [-0.1, -0.05) is 13.8 Å². The highest BCUT2D eigenvalue weighted by Crippen LogP contribution is 2.48. The number of aryl methyl sites for hydroxylation is 1. The Morgan fingerprint density at radius 2 is 2.09 bits per heavy atom. The van der Waals surface area contributed by atoms with Crippen molar-refractivity contribution in [3.63, 3.8) is 0 Å². The third-order valence-electron chi connectivity index (χ3n) is 4.29. The van der Waals surface area contributed by atoms with Crippen molar-refractivity contribution in [2.45, 2.75) is 45.6 Å². The number of rotatable bonds is 4. The summed E-state index contributed by atoms with van der Waals surface area (Å²) in [4.78, 5) is 12.9. The normalized spacial score (nSPS) is 28.6. The summed E-state index contributed by atoms with van der Waals surface area (Å²) in [7, 11) is -2.64. The Kier molecular flexibility index (Phi) is 4.29. The average molecular weight is 338 g/mol. The van der Waals surface area contributed by atoms with Crippen molar-refractivity contribution >= 4 is 18.5 Å². The van der Waals surface area contributed by atoms with Gasteiger partial charge < -0.3 is 9.26 Å². The van der Waals surface area contributed by atoms with E-state index in [1.54, 1.807) is 19.7 Å². The molecule has 3 heterocycles. The molecule has 0 aromatic carbocycles. The summed E-state index contributed by atoms with van der Waals surface area (Å²) in [5.41, 5.74) is 2.28. The molecule has 1 saturated heterocycles. The van der Waals surface area contributed by atoms with E-state index in [-0.39, 0.29) is 24.4 Å². The second-order valence-electron chi connectivity index (χ2n) is 6.44. The van der Waals surface area contributed by atoms with Gasteiger partial charge in [0.15, 0.2) is 19.2 Å². The fraction of sp³-hybridized carbons (Fsp3) is 0.667. The van der Waals surface area contributed by atoms with E-state index in [0.717, 1.165) is 17.6 Å². The zero-order valence-electron chi connectivity index (χ0n) is 14.1. The average Bonchev–Trinajstić information content (AvgIpc) is 3.01. The van der Waals surface area contributed by atoms with Crippen LogP contribution in [0.4, 0.5) is 0 Å². The lowest BCUT2D eigenvalue weighted by Crippen LogP contribution is -2.26. The maximum Gasteiger partial charge on any atom is 0.197 e. The predicted octanol–water partition coefficient (Wildman–Crippen LogP) is 3.00. The molecule has 23 heavy (non-hydrogen) atoms. The summed E-state index contributed by atoms with van der Waals surface area (Å²) in [6.07, 6.45) is 3.46. The molecule has 0 amide bonds. The molecule has 0 aliphatic carbocycles. The Labute approximate surface area is 135 Å². The van der Waals surface area contributed by atoms with Gasteiger partial charge in [0.1, 0.15) is 17.9 Å². The molecule has 126 valence electrons. The Hall–Kier alpha value is -1.30. The van der Waals surface area contributed by atoms with Gasteiger partial charge in [0, 0.05) is 19.2 Å². The van der Waals surface area contributed by atoms with Gasteiger partial charge in [-0.15, -0.1) is 0 Å². The lowest BCUT2D eigenvalue weighted by atomic mass is 9.99. The highest BCUT2D eigenvalue weighted by Gasteiger charge is 2.45. The van der Waals surface area contributed by atoms with Crippen molar-refractivity contribution in [1.29, 1.82) is 0 Å². The third kappa shape index (κ3) is 3.05. The van der Waals surface area contributed by atoms with Gasteiger partial charge in [0.05, 0.1) is 18.1 Å². The first-order chi connectivity index (χ1) is 10.8. The van der Waals surface area contributed by atoms with Gasteiger partial charge in [-0.25, -0.2) is 15.0 Å². The fourth-order valence-electron chi connectivity index (χ4n) is 3.14. The van der Waals surface area contributed by atoms with Crippen molar-refractivity contribution in [2.24, 2.45) is 5.92 Å². The monoisotopic (exact) mass is 338 g/mol. The quantitative estimate of drug-likeness (QED) is 0.797. The van der Waals surface area contributed by atoms with Crippen LogP contribution in [0.25, 0.3) is 11.2 Å². The van der Waals surface area contributed by atoms with E-state index in [1.165, 1.54) is 6.33 Å². The highest BCUT2D eigenvalue weighted by atomic mass is 31.2. The Balaban J connectivity index is 2.04. The highest BCUT2D eigenvalue weighted by molar-refractivity contribution is 7.57. The molecule has 4 atom stereocenters. The first-order valence-corrected chi connectivity index (χ1v) is 10.4. The van der Waals surface area contributed by atoms with Crippen molar-refractivity contribution in [2.75, 3.05) is 13.3 Å². The van der Waals surface area contributed by atoms with Gasteiger partial charge in [0.25, 0.3) is 0 Å². The molecule has 2 aromatic heterocycles. The number of fused-ring (bicyclic) bond motifs is 1. The van der Waals surface area contributed by atoms with Crippen LogP contribution in [0.3, 0.4) is 0 Å². The molecule has 1 aliphatic rings. The summed E-state index contributed by atoms with van der Waals surface area (Å²) in [6.45, 7) is 9.32. The van der Waals surface area contributed by atoms with Gasteiger partial charge in [0.2, 0.25) is 0 Å². The largest absolute Gasteiger partial charge is 0.352 e. The topological polar surface area (TPSA) is 79.1 Å². The molecule has 7 nitrogen and oxygen atoms in total. The molecule has 3 rings (SSSR count). The molecule has 2 unspecified atom stereocenters. The zero-order chi connectivity index (χ0) is 16.8. The van der Waals surface area contributed by atoms with Crippen molar-refractivity contribution in [3.05, 3.63) is 18.3 Å². The van der Waals surface area contributed by atoms with Gasteiger partial charge in [-0.05, 0) is 13.3 Å². The molecule has 0 radical (unpaired) electrons. The molecular formula is C15H23N4O3P. The van der Waals surface area contributed by atoms with E-state index < -0.39 is 7.37 Å². The van der Waals surface area contributed by atoms with Gasteiger partial charge in [-0.3, -0.25) is 9.13 Å². The zero-order valence-corrected chi connectivity index (χ0v) is 15.0. The van der Waals surface area contributed by atoms with Crippen molar-refractivity contribution in [1.82, 2.24) is 19.5 Å². The minimum absolute atomic E-state index is 0.0527. The number of hydrogen-bond donors (Lipinski definition) is 0. The van der Waals surface area contributed by atoms with Crippen LogP contribution in [0.2, 0.25) is 0 Å². The minimum Gasteiger partial charge on any atom is -0.352 e. The lowest BCUT2D eigenvalue weighted by molar-refractivity contribution is -0.0285. The van der Waals surface area contributed by atoms with Crippen LogP contribution >= 0.6 is 7.37 Å². The maximum absolute atomic E-state index is 12.2. The van der Waals surface area contributed by atoms with E-state index in [9.17, 15) is 4.57 Å². The standard InChI is InChI=1S/C15H23N4O3P/c1-6-11-9(2)13(22-23(4,5)20)15(21-11)19-8-18-12-10(3)16-7-17-14(12)19/h7-9,11,13,15H,6H2,1-5H3/t9?,11-,13?,15-/m1/s1. The van der Waals surface area contributed by atoms with E-state index >= 15 is 0 Å². The van der Waals surface area contributed by atoms with E-state index in [1.807, 2.05) is 11.5 Å². The van der Waals surface area contributed by atoms with Crippen LogP contribution in [0.1, 0.15) is 32.2 Å². The fourth-order valence-corrected chi connectivity index (χ4v) is 4.02. The van der Waals surface area contributed by atoms with E-state index in [2.05, 4.69) is 28.8 Å². The second-order valence-corrected chi connectivity index (χ2v) is 9.15. The Morgan fingerprint density at radius 3 is 2.74 bits per heavy atom. The SMILES string of the molecule is CC[C@H]1O[C@@H](n2cnc3c(C)ncnc32)C(OP(C)(C)=O)C1C. The van der Waals surface area contributed by atoms with Gasteiger partial charge in [-0.2, -0.15) is 0 Å². The van der Waals surface area contributed by atoms with Crippen LogP contribution in [0, 0.1) is 12.8 Å². The lowest BCUT2D eigenvalue weighted by Gasteiger charge is -2.24. The summed E-state index contributed by atoms with van der Waals surface area (Å²) in [5.74, 6) is 0.138. The summed E-state index contributed by atoms with van der Waals surface area (Å²) >= 11 is 0. The minimum atomic E-state index is -2.64. The predicted molar refractivity (Wildman–Crippen MR) is 87.8 cm³/mol. The van der Waals surface area contributed by atoms with E-state index in [4.69, 9.17) is 9.26 Å². The first kappa shape index (κ1) is 16.6. The van der Waals surface area contributed by atoms with Crippen LogP contribution in [-0.2, 0) is 13.8 Å². The van der Waals surface area contributed by atoms with E-state index in [0.29, 0.717) is 5.65 Å². The summed E-state index contributed by atoms with van der Waals surface area (Å²) < 4.78 is 26.2. The number of nitrogens with zero attached hydrogens (tertiary/aromatic N) is 4. The smallest absolute Gasteiger partial charge is 0.197 e. The number of imidazole rings is 1. The number of aromatic nitrogens is 4. The van der Waals surface area contributed by atoms with Crippen LogP contribution in [0.5, 0.6) is 0 Å². The summed E-state index contributed by atoms with van der Waals surface area (Å²) in [6, 6.07) is 0. The summed E-state index contributed by atoms with van der Waals surface area (Å²) in [5, 5.41) is 0. The molecule has 8 heteroatoms. The number of hydrogen-bond acceptors (Lipinski definition) is 6. The molecular weight excluding hydrogens is 315 g/mol. The molecule has 0 bridgehead atoms. The Morgan fingerprint density at radius 1 is 1.35 bits per heavy atom.